The number of esters is 1. The Hall–Kier alpha value is -0.610. The fourth-order valence-corrected chi connectivity index (χ4v) is 2.89. The van der Waals surface area contributed by atoms with Gasteiger partial charge in [-0.25, -0.2) is 0 Å². The number of ether oxygens (including phenoxy) is 1. The molecule has 0 radical (unpaired) electrons. The summed E-state index contributed by atoms with van der Waals surface area (Å²) in [4.78, 5) is 14.5. The van der Waals surface area contributed by atoms with Crippen LogP contribution < -0.4 is 5.32 Å². The summed E-state index contributed by atoms with van der Waals surface area (Å²) >= 11 is 0. The summed E-state index contributed by atoms with van der Waals surface area (Å²) in [5, 5.41) is 3.33. The zero-order valence-corrected chi connectivity index (χ0v) is 12.9. The number of likely N-dealkylation sites (tertiary alicyclic amines) is 1. The van der Waals surface area contributed by atoms with Crippen LogP contribution in [-0.4, -0.2) is 48.7 Å². The number of rotatable bonds is 8. The summed E-state index contributed by atoms with van der Waals surface area (Å²) in [6.45, 7) is 10.6. The van der Waals surface area contributed by atoms with Gasteiger partial charge in [-0.15, -0.1) is 0 Å². The molecule has 4 heteroatoms. The van der Waals surface area contributed by atoms with Gasteiger partial charge in [-0.1, -0.05) is 13.8 Å². The lowest BCUT2D eigenvalue weighted by Crippen LogP contribution is -2.50. The number of nitrogens with one attached hydrogen (secondary N) is 1. The maximum absolute atomic E-state index is 12.0. The minimum Gasteiger partial charge on any atom is -0.465 e. The van der Waals surface area contributed by atoms with Crippen LogP contribution in [0.5, 0.6) is 0 Å². The fourth-order valence-electron chi connectivity index (χ4n) is 2.89. The Morgan fingerprint density at radius 1 is 1.37 bits per heavy atom. The number of carbonyl (C=O) groups excluding carboxylic acids is 1. The average Bonchev–Trinajstić information content (AvgIpc) is 2.75. The van der Waals surface area contributed by atoms with E-state index in [0.29, 0.717) is 18.7 Å². The lowest BCUT2D eigenvalue weighted by Gasteiger charge is -2.31. The molecular weight excluding hydrogens is 240 g/mol. The number of carbonyl (C=O) groups is 1. The molecule has 1 fully saturated rings. The van der Waals surface area contributed by atoms with Gasteiger partial charge in [0.1, 0.15) is 6.04 Å². The number of hydrogen-bond donors (Lipinski definition) is 1. The highest BCUT2D eigenvalue weighted by Crippen LogP contribution is 2.26. The second-order valence-corrected chi connectivity index (χ2v) is 5.44. The first-order valence-electron chi connectivity index (χ1n) is 7.79. The molecular formula is C15H30N2O2. The Bertz CT molecular complexity index is 271. The smallest absolute Gasteiger partial charge is 0.324 e. The van der Waals surface area contributed by atoms with Crippen molar-refractivity contribution in [2.24, 2.45) is 0 Å². The molecule has 1 N–H and O–H groups in total. The largest absolute Gasteiger partial charge is 0.465 e. The molecule has 0 aliphatic carbocycles. The molecule has 1 heterocycles. The zero-order valence-electron chi connectivity index (χ0n) is 12.9. The second kappa shape index (κ2) is 8.54. The van der Waals surface area contributed by atoms with Crippen molar-refractivity contribution in [2.45, 2.75) is 71.5 Å². The van der Waals surface area contributed by atoms with Crippen molar-refractivity contribution >= 4 is 5.97 Å². The summed E-state index contributed by atoms with van der Waals surface area (Å²) in [6, 6.07) is 1.01. The summed E-state index contributed by atoms with van der Waals surface area (Å²) < 4.78 is 5.19. The molecule has 1 rings (SSSR count). The molecule has 1 saturated heterocycles. The highest BCUT2D eigenvalue weighted by atomic mass is 16.5. The van der Waals surface area contributed by atoms with Gasteiger partial charge in [0.15, 0.2) is 0 Å². The zero-order chi connectivity index (χ0) is 14.3. The summed E-state index contributed by atoms with van der Waals surface area (Å²) in [6.07, 6.45) is 4.68. The molecule has 0 saturated carbocycles. The normalized spacial score (nSPS) is 25.5. The molecule has 3 unspecified atom stereocenters. The van der Waals surface area contributed by atoms with Crippen molar-refractivity contribution in [3.8, 4) is 0 Å². The van der Waals surface area contributed by atoms with Crippen LogP contribution in [0.1, 0.15) is 53.4 Å². The Kier molecular flexibility index (Phi) is 7.39. The van der Waals surface area contributed by atoms with Gasteiger partial charge in [0, 0.05) is 18.6 Å². The van der Waals surface area contributed by atoms with Gasteiger partial charge in [0.2, 0.25) is 0 Å². The molecule has 19 heavy (non-hydrogen) atoms. The molecule has 4 nitrogen and oxygen atoms in total. The third-order valence-corrected chi connectivity index (χ3v) is 4.03. The van der Waals surface area contributed by atoms with E-state index in [-0.39, 0.29) is 12.0 Å². The van der Waals surface area contributed by atoms with Crippen molar-refractivity contribution in [3.05, 3.63) is 0 Å². The summed E-state index contributed by atoms with van der Waals surface area (Å²) in [5.41, 5.74) is 0. The maximum atomic E-state index is 12.0. The predicted octanol–water partition coefficient (Wildman–Crippen LogP) is 2.18. The minimum absolute atomic E-state index is 0.107. The minimum atomic E-state index is -0.186. The quantitative estimate of drug-likeness (QED) is 0.686. The van der Waals surface area contributed by atoms with E-state index < -0.39 is 0 Å². The van der Waals surface area contributed by atoms with E-state index in [1.807, 2.05) is 6.92 Å². The van der Waals surface area contributed by atoms with Gasteiger partial charge in [-0.3, -0.25) is 9.69 Å². The van der Waals surface area contributed by atoms with E-state index in [9.17, 15) is 4.79 Å². The SMILES string of the molecule is CCCNC(CN1C(C)CCC1CC)C(=O)OCC. The number of hydrogen-bond acceptors (Lipinski definition) is 4. The van der Waals surface area contributed by atoms with E-state index >= 15 is 0 Å². The van der Waals surface area contributed by atoms with Gasteiger partial charge in [-0.05, 0) is 46.1 Å². The van der Waals surface area contributed by atoms with Gasteiger partial charge >= 0.3 is 5.97 Å². The van der Waals surface area contributed by atoms with Crippen molar-refractivity contribution in [1.82, 2.24) is 10.2 Å². The molecule has 0 spiro atoms. The second-order valence-electron chi connectivity index (χ2n) is 5.44. The predicted molar refractivity (Wildman–Crippen MR) is 78.2 cm³/mol. The average molecular weight is 270 g/mol. The van der Waals surface area contributed by atoms with Gasteiger partial charge in [0.05, 0.1) is 6.61 Å². The highest BCUT2D eigenvalue weighted by molar-refractivity contribution is 5.76. The van der Waals surface area contributed by atoms with Gasteiger partial charge in [-0.2, -0.15) is 0 Å². The van der Waals surface area contributed by atoms with Crippen LogP contribution in [0.4, 0.5) is 0 Å². The Labute approximate surface area is 117 Å². The van der Waals surface area contributed by atoms with Crippen molar-refractivity contribution in [3.63, 3.8) is 0 Å². The highest BCUT2D eigenvalue weighted by Gasteiger charge is 2.33. The van der Waals surface area contributed by atoms with Gasteiger partial charge < -0.3 is 10.1 Å². The molecule has 0 aromatic heterocycles. The van der Waals surface area contributed by atoms with Crippen LogP contribution in [0.25, 0.3) is 0 Å². The van der Waals surface area contributed by atoms with Crippen LogP contribution in [-0.2, 0) is 9.53 Å². The third-order valence-electron chi connectivity index (χ3n) is 4.03. The third kappa shape index (κ3) is 4.77. The first-order chi connectivity index (χ1) is 9.13. The Morgan fingerprint density at radius 2 is 2.11 bits per heavy atom. The molecule has 3 atom stereocenters. The van der Waals surface area contributed by atoms with Crippen molar-refractivity contribution in [2.75, 3.05) is 19.7 Å². The topological polar surface area (TPSA) is 41.6 Å². The van der Waals surface area contributed by atoms with E-state index in [2.05, 4.69) is 31.0 Å². The fraction of sp³-hybridized carbons (Fsp3) is 0.933. The monoisotopic (exact) mass is 270 g/mol. The molecule has 0 bridgehead atoms. The summed E-state index contributed by atoms with van der Waals surface area (Å²) in [7, 11) is 0. The van der Waals surface area contributed by atoms with Crippen LogP contribution in [0, 0.1) is 0 Å². The van der Waals surface area contributed by atoms with E-state index in [1.165, 1.54) is 12.8 Å². The van der Waals surface area contributed by atoms with Crippen molar-refractivity contribution < 1.29 is 9.53 Å². The molecule has 1 aliphatic heterocycles. The number of nitrogens with zero attached hydrogens (tertiary/aromatic N) is 1. The molecule has 112 valence electrons. The van der Waals surface area contributed by atoms with Crippen LogP contribution in [0.15, 0.2) is 0 Å². The molecule has 0 aromatic rings. The van der Waals surface area contributed by atoms with Gasteiger partial charge in [0.25, 0.3) is 0 Å². The molecule has 0 aromatic carbocycles. The Balaban J connectivity index is 2.61. The van der Waals surface area contributed by atoms with Crippen LogP contribution in [0.2, 0.25) is 0 Å². The van der Waals surface area contributed by atoms with E-state index in [4.69, 9.17) is 4.74 Å². The first-order valence-corrected chi connectivity index (χ1v) is 7.79. The van der Waals surface area contributed by atoms with Crippen LogP contribution >= 0.6 is 0 Å². The molecule has 1 aliphatic rings. The lowest BCUT2D eigenvalue weighted by atomic mass is 10.1. The van der Waals surface area contributed by atoms with E-state index in [1.54, 1.807) is 0 Å². The Morgan fingerprint density at radius 3 is 2.68 bits per heavy atom. The van der Waals surface area contributed by atoms with E-state index in [0.717, 1.165) is 25.9 Å². The summed E-state index contributed by atoms with van der Waals surface area (Å²) in [5.74, 6) is -0.107. The first kappa shape index (κ1) is 16.4. The molecule has 0 amide bonds. The standard InChI is InChI=1S/C15H30N2O2/c1-5-10-16-14(15(18)19-7-3)11-17-12(4)8-9-13(17)6-2/h12-14,16H,5-11H2,1-4H3. The van der Waals surface area contributed by atoms with Crippen LogP contribution in [0.3, 0.4) is 0 Å². The van der Waals surface area contributed by atoms with Crippen molar-refractivity contribution in [1.29, 1.82) is 0 Å². The lowest BCUT2D eigenvalue weighted by molar-refractivity contribution is -0.146. The maximum Gasteiger partial charge on any atom is 0.324 e.